The fourth-order valence-electron chi connectivity index (χ4n) is 5.86. The molecule has 9 heteroatoms. The first-order valence-corrected chi connectivity index (χ1v) is 13.1. The molecule has 4 atom stereocenters. The Kier molecular flexibility index (Phi) is 5.63. The fourth-order valence-corrected chi connectivity index (χ4v) is 5.86. The Hall–Kier alpha value is -3.93. The predicted octanol–water partition coefficient (Wildman–Crippen LogP) is 5.29. The molecule has 0 aromatic carbocycles. The maximum absolute atomic E-state index is 9.57. The van der Waals surface area contributed by atoms with Crippen LogP contribution in [0.1, 0.15) is 64.6 Å². The van der Waals surface area contributed by atoms with Crippen LogP contribution in [0.25, 0.3) is 22.2 Å². The van der Waals surface area contributed by atoms with Crippen LogP contribution < -0.4 is 10.1 Å². The van der Waals surface area contributed by atoms with Crippen LogP contribution in [0.3, 0.4) is 0 Å². The summed E-state index contributed by atoms with van der Waals surface area (Å²) >= 11 is 0. The third-order valence-electron chi connectivity index (χ3n) is 7.96. The summed E-state index contributed by atoms with van der Waals surface area (Å²) in [5.74, 6) is 2.47. The summed E-state index contributed by atoms with van der Waals surface area (Å²) in [7, 11) is 0. The van der Waals surface area contributed by atoms with Crippen molar-refractivity contribution in [3.63, 3.8) is 0 Å². The summed E-state index contributed by atoms with van der Waals surface area (Å²) in [6, 6.07) is 8.63. The summed E-state index contributed by atoms with van der Waals surface area (Å²) in [5, 5.41) is 23.5. The molecule has 1 aliphatic heterocycles. The van der Waals surface area contributed by atoms with Gasteiger partial charge in [0.05, 0.1) is 29.5 Å². The summed E-state index contributed by atoms with van der Waals surface area (Å²) in [4.78, 5) is 9.29. The van der Waals surface area contributed by atoms with E-state index in [0.29, 0.717) is 11.8 Å². The molecule has 2 aliphatic rings. The van der Waals surface area contributed by atoms with Gasteiger partial charge in [0.25, 0.3) is 0 Å². The van der Waals surface area contributed by atoms with E-state index in [1.54, 1.807) is 10.9 Å². The molecule has 1 N–H and O–H groups in total. The van der Waals surface area contributed by atoms with Crippen molar-refractivity contribution in [2.75, 3.05) is 11.9 Å². The van der Waals surface area contributed by atoms with Crippen molar-refractivity contribution in [2.24, 2.45) is 5.92 Å². The summed E-state index contributed by atoms with van der Waals surface area (Å²) in [6.45, 7) is 8.84. The number of rotatable bonds is 5. The molecule has 0 spiro atoms. The average molecular weight is 497 g/mol. The zero-order valence-corrected chi connectivity index (χ0v) is 21.7. The van der Waals surface area contributed by atoms with Crippen molar-refractivity contribution in [1.29, 1.82) is 5.26 Å². The number of nitriles is 1. The number of nitrogens with one attached hydrogen (secondary N) is 1. The standard InChI is InChI=1S/C28H32N8O/c1-5-30-25-12-22-21(14-32-25)27(18-13-33-35(15-18)28(3,4)16-29)34-36(22)19-8-9-23-20(11-19)17(2)26-24(37-23)7-6-10-31-26/h6-7,10,12-15,17,19-20,23H,5,8-9,11H2,1-4H3,(H,30,32)/t17?,19-,20?,23+/m1/s1. The highest BCUT2D eigenvalue weighted by Gasteiger charge is 2.42. The molecule has 1 saturated carbocycles. The second-order valence-electron chi connectivity index (χ2n) is 10.7. The molecule has 5 heterocycles. The molecule has 0 amide bonds. The van der Waals surface area contributed by atoms with E-state index in [2.05, 4.69) is 51.0 Å². The summed E-state index contributed by atoms with van der Waals surface area (Å²) in [6.07, 6.45) is 10.6. The maximum Gasteiger partial charge on any atom is 0.143 e. The van der Waals surface area contributed by atoms with Gasteiger partial charge in [0, 0.05) is 54.0 Å². The summed E-state index contributed by atoms with van der Waals surface area (Å²) in [5.41, 5.74) is 3.09. The normalized spacial score (nSPS) is 23.1. The zero-order valence-electron chi connectivity index (χ0n) is 21.7. The largest absolute Gasteiger partial charge is 0.488 e. The lowest BCUT2D eigenvalue weighted by Crippen LogP contribution is -2.41. The van der Waals surface area contributed by atoms with Gasteiger partial charge in [-0.2, -0.15) is 15.5 Å². The van der Waals surface area contributed by atoms with Gasteiger partial charge < -0.3 is 10.1 Å². The van der Waals surface area contributed by atoms with E-state index in [4.69, 9.17) is 9.84 Å². The van der Waals surface area contributed by atoms with Crippen LogP contribution in [0.4, 0.5) is 5.82 Å². The van der Waals surface area contributed by atoms with Gasteiger partial charge >= 0.3 is 0 Å². The van der Waals surface area contributed by atoms with Gasteiger partial charge in [-0.15, -0.1) is 0 Å². The molecule has 0 bridgehead atoms. The van der Waals surface area contributed by atoms with Gasteiger partial charge in [-0.05, 0) is 52.2 Å². The lowest BCUT2D eigenvalue weighted by Gasteiger charge is -2.43. The highest BCUT2D eigenvalue weighted by molar-refractivity contribution is 5.93. The molecule has 1 aliphatic carbocycles. The van der Waals surface area contributed by atoms with E-state index in [1.807, 2.05) is 44.6 Å². The zero-order chi connectivity index (χ0) is 25.7. The Morgan fingerprint density at radius 2 is 2.11 bits per heavy atom. The van der Waals surface area contributed by atoms with Gasteiger partial charge in [-0.25, -0.2) is 4.98 Å². The van der Waals surface area contributed by atoms with Crippen molar-refractivity contribution >= 4 is 16.7 Å². The fraction of sp³-hybridized carbons (Fsp3) is 0.464. The molecule has 4 aromatic rings. The van der Waals surface area contributed by atoms with Gasteiger partial charge in [-0.1, -0.05) is 6.92 Å². The number of nitrogens with zero attached hydrogens (tertiary/aromatic N) is 7. The third-order valence-corrected chi connectivity index (χ3v) is 7.96. The Morgan fingerprint density at radius 1 is 1.24 bits per heavy atom. The van der Waals surface area contributed by atoms with Crippen LogP contribution in [0.15, 0.2) is 43.0 Å². The van der Waals surface area contributed by atoms with Crippen LogP contribution in [0, 0.1) is 17.2 Å². The Morgan fingerprint density at radius 3 is 2.92 bits per heavy atom. The van der Waals surface area contributed by atoms with Crippen LogP contribution in [0.5, 0.6) is 5.75 Å². The van der Waals surface area contributed by atoms with Crippen LogP contribution in [-0.4, -0.2) is 42.2 Å². The molecule has 6 rings (SSSR count). The lowest BCUT2D eigenvalue weighted by molar-refractivity contribution is 0.0374. The number of hydrogen-bond donors (Lipinski definition) is 1. The predicted molar refractivity (Wildman–Crippen MR) is 141 cm³/mol. The minimum atomic E-state index is -0.743. The SMILES string of the molecule is CCNc1cc2c(cn1)c(-c1cnn(C(C)(C)C#N)c1)nn2[C@@H]1CC[C@@H]2Oc3cccnc3C(C)C2C1. The van der Waals surface area contributed by atoms with E-state index >= 15 is 0 Å². The number of hydrogen-bond acceptors (Lipinski definition) is 7. The van der Waals surface area contributed by atoms with E-state index in [9.17, 15) is 5.26 Å². The molecular formula is C28H32N8O. The number of pyridine rings is 2. The topological polar surface area (TPSA) is 106 Å². The summed E-state index contributed by atoms with van der Waals surface area (Å²) < 4.78 is 10.3. The first-order valence-electron chi connectivity index (χ1n) is 13.1. The smallest absolute Gasteiger partial charge is 0.143 e. The van der Waals surface area contributed by atoms with Gasteiger partial charge in [0.15, 0.2) is 0 Å². The number of fused-ring (bicyclic) bond motifs is 3. The van der Waals surface area contributed by atoms with Gasteiger partial charge in [0.2, 0.25) is 0 Å². The van der Waals surface area contributed by atoms with E-state index in [-0.39, 0.29) is 12.1 Å². The molecule has 37 heavy (non-hydrogen) atoms. The Balaban J connectivity index is 1.40. The molecule has 9 nitrogen and oxygen atoms in total. The minimum Gasteiger partial charge on any atom is -0.488 e. The Bertz CT molecular complexity index is 1500. The first-order chi connectivity index (χ1) is 17.9. The second kappa shape index (κ2) is 8.87. The van der Waals surface area contributed by atoms with E-state index in [0.717, 1.165) is 65.2 Å². The minimum absolute atomic E-state index is 0.203. The molecule has 1 fully saturated rings. The molecule has 4 aromatic heterocycles. The van der Waals surface area contributed by atoms with Crippen LogP contribution >= 0.6 is 0 Å². The van der Waals surface area contributed by atoms with Crippen molar-refractivity contribution in [3.8, 4) is 23.1 Å². The third kappa shape index (κ3) is 3.91. The molecule has 2 unspecified atom stereocenters. The number of aromatic nitrogens is 6. The van der Waals surface area contributed by atoms with E-state index < -0.39 is 5.54 Å². The van der Waals surface area contributed by atoms with E-state index in [1.165, 1.54) is 0 Å². The quantitative estimate of drug-likeness (QED) is 0.400. The van der Waals surface area contributed by atoms with Crippen molar-refractivity contribution < 1.29 is 4.74 Å². The monoisotopic (exact) mass is 496 g/mol. The van der Waals surface area contributed by atoms with Crippen molar-refractivity contribution in [3.05, 3.63) is 48.7 Å². The molecule has 190 valence electrons. The highest BCUT2D eigenvalue weighted by Crippen LogP contribution is 2.48. The van der Waals surface area contributed by atoms with Crippen molar-refractivity contribution in [1.82, 2.24) is 29.5 Å². The average Bonchev–Trinajstić information content (AvgIpc) is 3.55. The molecule has 0 saturated heterocycles. The highest BCUT2D eigenvalue weighted by atomic mass is 16.5. The molecule has 0 radical (unpaired) electrons. The van der Waals surface area contributed by atoms with Gasteiger partial charge in [-0.3, -0.25) is 14.3 Å². The second-order valence-corrected chi connectivity index (χ2v) is 10.7. The van der Waals surface area contributed by atoms with Crippen LogP contribution in [-0.2, 0) is 5.54 Å². The first kappa shape index (κ1) is 23.5. The number of ether oxygens (including phenoxy) is 1. The maximum atomic E-state index is 9.57. The van der Waals surface area contributed by atoms with Crippen molar-refractivity contribution in [2.45, 2.75) is 70.6 Å². The molecular weight excluding hydrogens is 464 g/mol. The van der Waals surface area contributed by atoms with Gasteiger partial charge in [0.1, 0.15) is 28.9 Å². The van der Waals surface area contributed by atoms with Crippen LogP contribution in [0.2, 0.25) is 0 Å². The Labute approximate surface area is 216 Å². The number of anilines is 1. The lowest BCUT2D eigenvalue weighted by atomic mass is 9.73.